The lowest BCUT2D eigenvalue weighted by Gasteiger charge is -2.27. The van der Waals surface area contributed by atoms with Crippen LogP contribution in [0.15, 0.2) is 30.5 Å². The van der Waals surface area contributed by atoms with E-state index < -0.39 is 11.6 Å². The zero-order valence-electron chi connectivity index (χ0n) is 17.8. The Bertz CT molecular complexity index is 1200. The van der Waals surface area contributed by atoms with Crippen LogP contribution in [0.1, 0.15) is 33.7 Å². The Morgan fingerprint density at radius 1 is 1.34 bits per heavy atom. The molecule has 3 aromatic rings. The van der Waals surface area contributed by atoms with Crippen molar-refractivity contribution in [1.82, 2.24) is 20.0 Å². The molecule has 3 heterocycles. The van der Waals surface area contributed by atoms with Crippen LogP contribution in [0.25, 0.3) is 5.65 Å². The number of benzene rings is 1. The summed E-state index contributed by atoms with van der Waals surface area (Å²) in [5.74, 6) is -1.52. The van der Waals surface area contributed by atoms with Crippen LogP contribution in [0.5, 0.6) is 5.75 Å². The molecule has 1 aliphatic rings. The number of carbonyl (C=O) groups excluding carboxylic acids is 1. The minimum absolute atomic E-state index is 0.154. The molecule has 1 saturated heterocycles. The Morgan fingerprint density at radius 3 is 2.81 bits per heavy atom. The molecular weight excluding hydrogens is 416 g/mol. The second kappa shape index (κ2) is 8.93. The fraction of sp³-hybridized carbons (Fsp3) is 0.348. The fourth-order valence-electron chi connectivity index (χ4n) is 3.96. The summed E-state index contributed by atoms with van der Waals surface area (Å²) < 4.78 is 35.3. The van der Waals surface area contributed by atoms with Crippen molar-refractivity contribution in [2.75, 3.05) is 13.1 Å². The van der Waals surface area contributed by atoms with E-state index in [0.717, 1.165) is 5.56 Å². The van der Waals surface area contributed by atoms with Gasteiger partial charge >= 0.3 is 0 Å². The number of halogens is 2. The molecular formula is C23H23F2N5O2. The third kappa shape index (κ3) is 4.27. The van der Waals surface area contributed by atoms with Crippen LogP contribution in [0.4, 0.5) is 8.78 Å². The predicted molar refractivity (Wildman–Crippen MR) is 113 cm³/mol. The highest BCUT2D eigenvalue weighted by Gasteiger charge is 2.26. The zero-order chi connectivity index (χ0) is 22.8. The molecule has 2 unspecified atom stereocenters. The van der Waals surface area contributed by atoms with E-state index in [1.54, 1.807) is 23.6 Å². The van der Waals surface area contributed by atoms with Crippen molar-refractivity contribution < 1.29 is 18.3 Å². The number of piperidine rings is 1. The number of nitrogens with one attached hydrogen (secondary N) is 2. The number of aryl methyl sites for hydroxylation is 2. The van der Waals surface area contributed by atoms with E-state index in [9.17, 15) is 13.6 Å². The smallest absolute Gasteiger partial charge is 0.270 e. The number of hydrogen-bond donors (Lipinski definition) is 2. The number of fused-ring (bicyclic) bond motifs is 1. The summed E-state index contributed by atoms with van der Waals surface area (Å²) in [6.45, 7) is 4.43. The van der Waals surface area contributed by atoms with Gasteiger partial charge in [0.2, 0.25) is 0 Å². The number of carbonyl (C=O) groups is 1. The molecule has 0 saturated carbocycles. The Balaban J connectivity index is 1.61. The van der Waals surface area contributed by atoms with Gasteiger partial charge in [-0.05, 0) is 44.0 Å². The molecule has 0 aliphatic carbocycles. The van der Waals surface area contributed by atoms with Gasteiger partial charge in [-0.15, -0.1) is 0 Å². The number of nitrogens with zero attached hydrogens (tertiary/aromatic N) is 3. The average Bonchev–Trinajstić information content (AvgIpc) is 3.09. The highest BCUT2D eigenvalue weighted by atomic mass is 19.1. The summed E-state index contributed by atoms with van der Waals surface area (Å²) >= 11 is 0. The lowest BCUT2D eigenvalue weighted by atomic mass is 9.97. The zero-order valence-corrected chi connectivity index (χ0v) is 17.8. The fourth-order valence-corrected chi connectivity index (χ4v) is 3.96. The molecule has 166 valence electrons. The summed E-state index contributed by atoms with van der Waals surface area (Å²) in [6.07, 6.45) is 2.34. The van der Waals surface area contributed by atoms with Gasteiger partial charge in [0.05, 0.1) is 23.2 Å². The summed E-state index contributed by atoms with van der Waals surface area (Å²) in [7, 11) is 0. The van der Waals surface area contributed by atoms with Crippen LogP contribution in [-0.2, 0) is 6.61 Å². The third-order valence-electron chi connectivity index (χ3n) is 5.51. The van der Waals surface area contributed by atoms with Crippen molar-refractivity contribution >= 4 is 11.6 Å². The first-order valence-corrected chi connectivity index (χ1v) is 10.3. The van der Waals surface area contributed by atoms with Crippen molar-refractivity contribution in [3.8, 4) is 11.8 Å². The third-order valence-corrected chi connectivity index (χ3v) is 5.51. The Morgan fingerprint density at radius 2 is 2.09 bits per heavy atom. The standard InChI is InChI=1S/C23H23F2N5O2/c1-13-6-20(32-12-17-18(24)4-3-5-19(17)25)22-28-14(2)21(30(22)11-13)23(31)29-16-7-15(8-26)9-27-10-16/h3-6,11,15-16,27H,7,9-10,12H2,1-2H3,(H,29,31). The summed E-state index contributed by atoms with van der Waals surface area (Å²) in [6, 6.07) is 7.41. The first-order chi connectivity index (χ1) is 15.4. The maximum Gasteiger partial charge on any atom is 0.270 e. The molecule has 4 rings (SSSR count). The van der Waals surface area contributed by atoms with Gasteiger partial charge in [-0.2, -0.15) is 5.26 Å². The van der Waals surface area contributed by atoms with Gasteiger partial charge in [-0.1, -0.05) is 6.07 Å². The Hall–Kier alpha value is -3.51. The molecule has 7 nitrogen and oxygen atoms in total. The van der Waals surface area contributed by atoms with Gasteiger partial charge in [0.25, 0.3) is 5.91 Å². The second-order valence-corrected chi connectivity index (χ2v) is 8.00. The van der Waals surface area contributed by atoms with Crippen LogP contribution in [0.3, 0.4) is 0 Å². The highest BCUT2D eigenvalue weighted by molar-refractivity contribution is 5.95. The van der Waals surface area contributed by atoms with Gasteiger partial charge in [-0.3, -0.25) is 9.20 Å². The maximum atomic E-state index is 14.0. The van der Waals surface area contributed by atoms with E-state index in [2.05, 4.69) is 21.7 Å². The van der Waals surface area contributed by atoms with E-state index in [1.807, 2.05) is 6.92 Å². The quantitative estimate of drug-likeness (QED) is 0.638. The van der Waals surface area contributed by atoms with Crippen molar-refractivity contribution in [3.63, 3.8) is 0 Å². The first kappa shape index (κ1) is 21.7. The van der Waals surface area contributed by atoms with E-state index in [4.69, 9.17) is 10.00 Å². The highest BCUT2D eigenvalue weighted by Crippen LogP contribution is 2.26. The molecule has 2 aromatic heterocycles. The molecule has 0 spiro atoms. The number of nitriles is 1. The van der Waals surface area contributed by atoms with Crippen LogP contribution >= 0.6 is 0 Å². The molecule has 1 amide bonds. The SMILES string of the molecule is Cc1cc(OCc2c(F)cccc2F)c2nc(C)c(C(=O)NC3CNCC(C#N)C3)n2c1. The van der Waals surface area contributed by atoms with Crippen LogP contribution in [0, 0.1) is 42.7 Å². The summed E-state index contributed by atoms with van der Waals surface area (Å²) in [5, 5.41) is 15.3. The number of imidazole rings is 1. The number of ether oxygens (including phenoxy) is 1. The molecule has 1 aromatic carbocycles. The topological polar surface area (TPSA) is 91.4 Å². The molecule has 32 heavy (non-hydrogen) atoms. The van der Waals surface area contributed by atoms with Crippen molar-refractivity contribution in [2.24, 2.45) is 5.92 Å². The lowest BCUT2D eigenvalue weighted by molar-refractivity contribution is 0.0920. The summed E-state index contributed by atoms with van der Waals surface area (Å²) in [4.78, 5) is 17.6. The number of pyridine rings is 1. The first-order valence-electron chi connectivity index (χ1n) is 10.3. The van der Waals surface area contributed by atoms with Crippen LogP contribution in [-0.4, -0.2) is 34.4 Å². The maximum absolute atomic E-state index is 14.0. The predicted octanol–water partition coefficient (Wildman–Crippen LogP) is 3.04. The number of amides is 1. The van der Waals surface area contributed by atoms with E-state index in [1.165, 1.54) is 18.2 Å². The molecule has 9 heteroatoms. The van der Waals surface area contributed by atoms with Gasteiger partial charge in [0.15, 0.2) is 11.4 Å². The van der Waals surface area contributed by atoms with Crippen LogP contribution < -0.4 is 15.4 Å². The molecule has 2 N–H and O–H groups in total. The van der Waals surface area contributed by atoms with Gasteiger partial charge in [0.1, 0.15) is 23.9 Å². The van der Waals surface area contributed by atoms with E-state index >= 15 is 0 Å². The monoisotopic (exact) mass is 439 g/mol. The van der Waals surface area contributed by atoms with Gasteiger partial charge in [0, 0.05) is 25.3 Å². The Labute approximate surface area is 184 Å². The minimum Gasteiger partial charge on any atom is -0.485 e. The molecule has 0 radical (unpaired) electrons. The molecule has 2 atom stereocenters. The minimum atomic E-state index is -0.690. The normalized spacial score (nSPS) is 18.3. The lowest BCUT2D eigenvalue weighted by Crippen LogP contribution is -2.48. The number of aromatic nitrogens is 2. The molecule has 0 bridgehead atoms. The van der Waals surface area contributed by atoms with E-state index in [-0.39, 0.29) is 30.0 Å². The van der Waals surface area contributed by atoms with Gasteiger partial charge < -0.3 is 15.4 Å². The number of hydrogen-bond acceptors (Lipinski definition) is 5. The number of rotatable bonds is 5. The van der Waals surface area contributed by atoms with Crippen molar-refractivity contribution in [1.29, 1.82) is 5.26 Å². The molecule has 1 aliphatic heterocycles. The van der Waals surface area contributed by atoms with Gasteiger partial charge in [-0.25, -0.2) is 13.8 Å². The van der Waals surface area contributed by atoms with Crippen molar-refractivity contribution in [2.45, 2.75) is 32.9 Å². The van der Waals surface area contributed by atoms with Crippen LogP contribution in [0.2, 0.25) is 0 Å². The largest absolute Gasteiger partial charge is 0.485 e. The summed E-state index contributed by atoms with van der Waals surface area (Å²) in [5.41, 5.74) is 1.84. The average molecular weight is 439 g/mol. The molecule has 1 fully saturated rings. The van der Waals surface area contributed by atoms with Crippen molar-refractivity contribution in [3.05, 3.63) is 64.6 Å². The second-order valence-electron chi connectivity index (χ2n) is 8.00. The van der Waals surface area contributed by atoms with E-state index in [0.29, 0.717) is 42.3 Å². The Kier molecular flexibility index (Phi) is 6.06.